The largest absolute Gasteiger partial charge is 0.456 e. The van der Waals surface area contributed by atoms with Crippen molar-refractivity contribution in [1.29, 1.82) is 0 Å². The third kappa shape index (κ3) is 3.01. The van der Waals surface area contributed by atoms with Crippen LogP contribution in [0.3, 0.4) is 0 Å². The van der Waals surface area contributed by atoms with Crippen LogP contribution in [0.15, 0.2) is 22.6 Å². The van der Waals surface area contributed by atoms with Crippen LogP contribution in [0.5, 0.6) is 0 Å². The van der Waals surface area contributed by atoms with Crippen molar-refractivity contribution in [2.75, 3.05) is 5.32 Å². The fraction of sp³-hybridized carbons (Fsp3) is 0.333. The third-order valence-corrected chi connectivity index (χ3v) is 3.33. The maximum atomic E-state index is 13.0. The van der Waals surface area contributed by atoms with E-state index in [0.29, 0.717) is 11.5 Å². The number of rotatable bonds is 3. The van der Waals surface area contributed by atoms with E-state index in [-0.39, 0.29) is 17.9 Å². The number of halogens is 3. The number of furan rings is 1. The van der Waals surface area contributed by atoms with Gasteiger partial charge >= 0.3 is 6.18 Å². The minimum atomic E-state index is -4.52. The number of anilines is 1. The first kappa shape index (κ1) is 15.4. The van der Waals surface area contributed by atoms with E-state index in [1.165, 1.54) is 13.0 Å². The van der Waals surface area contributed by atoms with E-state index >= 15 is 0 Å². The second kappa shape index (κ2) is 5.29. The molecule has 0 radical (unpaired) electrons. The Morgan fingerprint density at radius 3 is 2.57 bits per heavy atom. The van der Waals surface area contributed by atoms with E-state index in [2.05, 4.69) is 15.4 Å². The highest BCUT2D eigenvalue weighted by molar-refractivity contribution is 5.50. The van der Waals surface area contributed by atoms with Gasteiger partial charge in [-0.1, -0.05) is 0 Å². The molecule has 3 aromatic rings. The summed E-state index contributed by atoms with van der Waals surface area (Å²) in [5.41, 5.74) is 2.23. The van der Waals surface area contributed by atoms with Crippen LogP contribution in [0, 0.1) is 20.8 Å². The average molecular weight is 324 g/mol. The first-order chi connectivity index (χ1) is 10.7. The minimum Gasteiger partial charge on any atom is -0.456 e. The van der Waals surface area contributed by atoms with Gasteiger partial charge in [-0.3, -0.25) is 0 Å². The van der Waals surface area contributed by atoms with Gasteiger partial charge in [0.2, 0.25) is 5.76 Å². The predicted molar refractivity (Wildman–Crippen MR) is 78.2 cm³/mol. The van der Waals surface area contributed by atoms with Crippen LogP contribution < -0.4 is 5.32 Å². The molecule has 0 spiro atoms. The zero-order valence-corrected chi connectivity index (χ0v) is 12.8. The molecule has 0 saturated heterocycles. The first-order valence-electron chi connectivity index (χ1n) is 6.98. The van der Waals surface area contributed by atoms with Crippen LogP contribution in [-0.2, 0) is 12.7 Å². The average Bonchev–Trinajstić information content (AvgIpc) is 2.97. The number of aromatic nitrogens is 3. The fourth-order valence-electron chi connectivity index (χ4n) is 2.46. The van der Waals surface area contributed by atoms with Crippen LogP contribution in [0.1, 0.15) is 28.5 Å². The molecule has 5 nitrogen and oxygen atoms in total. The van der Waals surface area contributed by atoms with Gasteiger partial charge < -0.3 is 9.73 Å². The lowest BCUT2D eigenvalue weighted by atomic mass is 10.2. The van der Waals surface area contributed by atoms with Gasteiger partial charge in [0.05, 0.1) is 5.69 Å². The molecule has 0 aliphatic heterocycles. The second-order valence-corrected chi connectivity index (χ2v) is 5.40. The summed E-state index contributed by atoms with van der Waals surface area (Å²) >= 11 is 0. The number of fused-ring (bicyclic) bond motifs is 1. The number of hydrogen-bond donors (Lipinski definition) is 1. The summed E-state index contributed by atoms with van der Waals surface area (Å²) in [6, 6.07) is 4.93. The fourth-order valence-corrected chi connectivity index (χ4v) is 2.46. The minimum absolute atomic E-state index is 0.0242. The molecule has 3 aromatic heterocycles. The van der Waals surface area contributed by atoms with E-state index in [1.807, 2.05) is 13.8 Å². The number of nitrogens with zero attached hydrogens (tertiary/aromatic N) is 3. The molecule has 23 heavy (non-hydrogen) atoms. The van der Waals surface area contributed by atoms with Crippen LogP contribution in [0.25, 0.3) is 5.65 Å². The van der Waals surface area contributed by atoms with Crippen molar-refractivity contribution < 1.29 is 17.6 Å². The van der Waals surface area contributed by atoms with E-state index in [1.54, 1.807) is 16.6 Å². The molecule has 0 saturated carbocycles. The number of aryl methyl sites for hydroxylation is 3. The molecule has 3 rings (SSSR count). The van der Waals surface area contributed by atoms with Gasteiger partial charge in [0.25, 0.3) is 0 Å². The maximum Gasteiger partial charge on any atom is 0.449 e. The molecule has 122 valence electrons. The van der Waals surface area contributed by atoms with Crippen molar-refractivity contribution in [3.63, 3.8) is 0 Å². The Kier molecular flexibility index (Phi) is 3.54. The Bertz CT molecular complexity index is 864. The van der Waals surface area contributed by atoms with Gasteiger partial charge in [-0.05, 0) is 26.8 Å². The molecule has 0 atom stereocenters. The van der Waals surface area contributed by atoms with Crippen molar-refractivity contribution >= 4 is 11.5 Å². The summed E-state index contributed by atoms with van der Waals surface area (Å²) in [4.78, 5) is 4.34. The van der Waals surface area contributed by atoms with Gasteiger partial charge in [0, 0.05) is 29.9 Å². The van der Waals surface area contributed by atoms with Crippen molar-refractivity contribution in [2.24, 2.45) is 0 Å². The molecule has 0 amide bonds. The topological polar surface area (TPSA) is 55.4 Å². The Morgan fingerprint density at radius 1 is 1.13 bits per heavy atom. The van der Waals surface area contributed by atoms with Crippen LogP contribution in [0.4, 0.5) is 19.0 Å². The molecule has 0 aliphatic carbocycles. The summed E-state index contributed by atoms with van der Waals surface area (Å²) in [5.74, 6) is -0.172. The van der Waals surface area contributed by atoms with Crippen LogP contribution in [-0.4, -0.2) is 14.6 Å². The number of nitrogens with one attached hydrogen (secondary N) is 1. The van der Waals surface area contributed by atoms with Crippen molar-refractivity contribution in [3.05, 3.63) is 46.7 Å². The molecule has 0 aliphatic rings. The third-order valence-electron chi connectivity index (χ3n) is 3.33. The predicted octanol–water partition coefficient (Wildman–Crippen LogP) is 3.88. The van der Waals surface area contributed by atoms with Crippen LogP contribution >= 0.6 is 0 Å². The van der Waals surface area contributed by atoms with Gasteiger partial charge in [-0.15, -0.1) is 0 Å². The molecule has 0 bridgehead atoms. The van der Waals surface area contributed by atoms with E-state index < -0.39 is 11.9 Å². The molecule has 8 heteroatoms. The standard InChI is InChI=1S/C15H15F3N4O/c1-8-4-12(22-13(20-8)5-9(2)21-22)19-7-11-6-10(3)23-14(11)15(16,17)18/h4-6,19H,7H2,1-3H3. The molecule has 3 heterocycles. The monoisotopic (exact) mass is 324 g/mol. The van der Waals surface area contributed by atoms with E-state index in [9.17, 15) is 13.2 Å². The Balaban J connectivity index is 1.93. The number of alkyl halides is 3. The van der Waals surface area contributed by atoms with Crippen LogP contribution in [0.2, 0.25) is 0 Å². The smallest absolute Gasteiger partial charge is 0.449 e. The Hall–Kier alpha value is -2.51. The zero-order chi connectivity index (χ0) is 16.8. The normalized spacial score (nSPS) is 12.1. The van der Waals surface area contributed by atoms with E-state index in [0.717, 1.165) is 11.4 Å². The zero-order valence-electron chi connectivity index (χ0n) is 12.8. The lowest BCUT2D eigenvalue weighted by Gasteiger charge is -2.10. The summed E-state index contributed by atoms with van der Waals surface area (Å²) in [6.45, 7) is 5.11. The summed E-state index contributed by atoms with van der Waals surface area (Å²) in [6.07, 6.45) is -4.52. The highest BCUT2D eigenvalue weighted by Gasteiger charge is 2.37. The quantitative estimate of drug-likeness (QED) is 0.794. The molecule has 1 N–H and O–H groups in total. The lowest BCUT2D eigenvalue weighted by molar-refractivity contribution is -0.154. The molecule has 0 unspecified atom stereocenters. The Labute approximate surface area is 130 Å². The summed E-state index contributed by atoms with van der Waals surface area (Å²) in [7, 11) is 0. The molecular formula is C15H15F3N4O. The summed E-state index contributed by atoms with van der Waals surface area (Å²) < 4.78 is 45.2. The van der Waals surface area contributed by atoms with E-state index in [4.69, 9.17) is 4.42 Å². The van der Waals surface area contributed by atoms with Crippen molar-refractivity contribution in [3.8, 4) is 0 Å². The highest BCUT2D eigenvalue weighted by atomic mass is 19.4. The van der Waals surface area contributed by atoms with Gasteiger partial charge in [-0.25, -0.2) is 4.98 Å². The van der Waals surface area contributed by atoms with Gasteiger partial charge in [0.15, 0.2) is 5.65 Å². The SMILES string of the molecule is Cc1cc(NCc2cc(C)oc2C(F)(F)F)n2nc(C)cc2n1. The second-order valence-electron chi connectivity index (χ2n) is 5.40. The van der Waals surface area contributed by atoms with Crippen molar-refractivity contribution in [1.82, 2.24) is 14.6 Å². The highest BCUT2D eigenvalue weighted by Crippen LogP contribution is 2.34. The molecule has 0 fully saturated rings. The van der Waals surface area contributed by atoms with Crippen molar-refractivity contribution in [2.45, 2.75) is 33.5 Å². The first-order valence-corrected chi connectivity index (χ1v) is 6.98. The molecule has 0 aromatic carbocycles. The lowest BCUT2D eigenvalue weighted by Crippen LogP contribution is -2.11. The Morgan fingerprint density at radius 2 is 1.87 bits per heavy atom. The maximum absolute atomic E-state index is 13.0. The molecular weight excluding hydrogens is 309 g/mol. The van der Waals surface area contributed by atoms with Gasteiger partial charge in [0.1, 0.15) is 11.6 Å². The number of hydrogen-bond acceptors (Lipinski definition) is 4. The summed E-state index contributed by atoms with van der Waals surface area (Å²) in [5, 5.41) is 7.27. The van der Waals surface area contributed by atoms with Gasteiger partial charge in [-0.2, -0.15) is 22.8 Å².